The lowest BCUT2D eigenvalue weighted by molar-refractivity contribution is -0.131. The van der Waals surface area contributed by atoms with Gasteiger partial charge >= 0.3 is 0 Å². The lowest BCUT2D eigenvalue weighted by Gasteiger charge is -2.33. The van der Waals surface area contributed by atoms with Gasteiger partial charge in [-0.15, -0.1) is 0 Å². The fourth-order valence-corrected chi connectivity index (χ4v) is 3.80. The van der Waals surface area contributed by atoms with Crippen molar-refractivity contribution in [3.8, 4) is 11.5 Å². The maximum absolute atomic E-state index is 12.7. The zero-order chi connectivity index (χ0) is 18.4. The van der Waals surface area contributed by atoms with Crippen LogP contribution in [-0.4, -0.2) is 41.6 Å². The maximum Gasteiger partial charge on any atom is 0.264 e. The number of carbonyl (C=O) groups is 1. The van der Waals surface area contributed by atoms with Crippen LogP contribution in [0, 0.1) is 0 Å². The molecule has 7 heteroatoms. The molecule has 1 fully saturated rings. The number of hydrogen-bond acceptors (Lipinski definition) is 6. The van der Waals surface area contributed by atoms with Gasteiger partial charge in [0, 0.05) is 17.3 Å². The summed E-state index contributed by atoms with van der Waals surface area (Å²) in [6.07, 6.45) is 0.264. The first-order valence-electron chi connectivity index (χ1n) is 8.91. The second kappa shape index (κ2) is 6.29. The summed E-state index contributed by atoms with van der Waals surface area (Å²) in [5.74, 6) is 0.868. The second-order valence-corrected chi connectivity index (χ2v) is 6.72. The van der Waals surface area contributed by atoms with E-state index in [-0.39, 0.29) is 11.8 Å². The molecule has 0 spiro atoms. The van der Waals surface area contributed by atoms with Gasteiger partial charge in [-0.2, -0.15) is 0 Å². The van der Waals surface area contributed by atoms with Gasteiger partial charge in [-0.25, -0.2) is 10.4 Å². The van der Waals surface area contributed by atoms with E-state index in [2.05, 4.69) is 10.7 Å². The van der Waals surface area contributed by atoms with Crippen LogP contribution in [0.2, 0.25) is 0 Å². The molecule has 3 N–H and O–H groups in total. The number of aliphatic hydroxyl groups is 1. The number of nitrogens with zero attached hydrogens (tertiary/aromatic N) is 1. The number of hydrogen-bond donors (Lipinski definition) is 3. The first-order chi connectivity index (χ1) is 13.2. The van der Waals surface area contributed by atoms with Crippen LogP contribution < -0.4 is 20.2 Å². The molecule has 0 radical (unpaired) electrons. The average molecular weight is 365 g/mol. The number of carbonyl (C=O) groups excluding carboxylic acids is 1. The molecule has 1 amide bonds. The van der Waals surface area contributed by atoms with Crippen LogP contribution in [0.25, 0.3) is 5.70 Å². The third-order valence-corrected chi connectivity index (χ3v) is 5.08. The molecule has 1 saturated heterocycles. The number of ether oxygens (including phenoxy) is 2. The van der Waals surface area contributed by atoms with Crippen molar-refractivity contribution < 1.29 is 19.4 Å². The van der Waals surface area contributed by atoms with E-state index in [4.69, 9.17) is 9.47 Å². The number of hydrazine groups is 1. The Morgan fingerprint density at radius 3 is 2.63 bits per heavy atom. The number of benzene rings is 2. The number of aliphatic hydroxyl groups excluding tert-OH is 1. The number of rotatable bonds is 2. The molecule has 3 atom stereocenters. The van der Waals surface area contributed by atoms with Crippen LogP contribution in [0.4, 0.5) is 0 Å². The standard InChI is InChI=1S/C20H19N3O4/c24-17-11-14(13-6-7-15-16(10-13)27-9-8-26-15)21-19-18(20(25)22-23(17)19)12-4-2-1-3-5-12/h1-7,10-11,18-22,25H,8-9H2. The van der Waals surface area contributed by atoms with E-state index in [1.165, 1.54) is 11.1 Å². The zero-order valence-corrected chi connectivity index (χ0v) is 14.5. The molecular weight excluding hydrogens is 346 g/mol. The smallest absolute Gasteiger partial charge is 0.264 e. The molecule has 0 saturated carbocycles. The van der Waals surface area contributed by atoms with Gasteiger partial charge in [0.05, 0.1) is 5.92 Å². The Hall–Kier alpha value is -3.03. The first kappa shape index (κ1) is 16.2. The molecule has 0 aromatic heterocycles. The largest absolute Gasteiger partial charge is 0.486 e. The van der Waals surface area contributed by atoms with Crippen LogP contribution >= 0.6 is 0 Å². The van der Waals surface area contributed by atoms with Crippen molar-refractivity contribution in [3.63, 3.8) is 0 Å². The predicted molar refractivity (Wildman–Crippen MR) is 97.5 cm³/mol. The lowest BCUT2D eigenvalue weighted by atomic mass is 9.94. The van der Waals surface area contributed by atoms with E-state index in [1.54, 1.807) is 0 Å². The molecule has 5 rings (SSSR count). The monoisotopic (exact) mass is 365 g/mol. The molecule has 0 aliphatic carbocycles. The Morgan fingerprint density at radius 1 is 1.04 bits per heavy atom. The Morgan fingerprint density at radius 2 is 1.81 bits per heavy atom. The van der Waals surface area contributed by atoms with Crippen molar-refractivity contribution in [2.45, 2.75) is 18.3 Å². The minimum Gasteiger partial charge on any atom is -0.486 e. The van der Waals surface area contributed by atoms with Gasteiger partial charge in [0.15, 0.2) is 11.5 Å². The highest BCUT2D eigenvalue weighted by atomic mass is 16.6. The van der Waals surface area contributed by atoms with E-state index in [0.29, 0.717) is 30.4 Å². The van der Waals surface area contributed by atoms with Gasteiger partial charge in [-0.05, 0) is 23.8 Å². The minimum atomic E-state index is -0.859. The van der Waals surface area contributed by atoms with Gasteiger partial charge in [-0.1, -0.05) is 30.3 Å². The Bertz CT molecular complexity index is 915. The first-order valence-corrected chi connectivity index (χ1v) is 8.91. The fourth-order valence-electron chi connectivity index (χ4n) is 3.80. The van der Waals surface area contributed by atoms with Gasteiger partial charge in [0.25, 0.3) is 5.91 Å². The van der Waals surface area contributed by atoms with Gasteiger partial charge in [-0.3, -0.25) is 4.79 Å². The van der Waals surface area contributed by atoms with Crippen molar-refractivity contribution in [1.29, 1.82) is 0 Å². The topological polar surface area (TPSA) is 83.1 Å². The van der Waals surface area contributed by atoms with Gasteiger partial charge in [0.1, 0.15) is 25.6 Å². The van der Waals surface area contributed by atoms with Crippen molar-refractivity contribution in [2.24, 2.45) is 0 Å². The molecule has 27 heavy (non-hydrogen) atoms. The highest BCUT2D eigenvalue weighted by molar-refractivity contribution is 5.97. The summed E-state index contributed by atoms with van der Waals surface area (Å²) in [6.45, 7) is 1.04. The zero-order valence-electron chi connectivity index (χ0n) is 14.5. The van der Waals surface area contributed by atoms with Crippen LogP contribution in [0.3, 0.4) is 0 Å². The molecule has 2 aromatic rings. The Kier molecular flexibility index (Phi) is 3.77. The Labute approximate surface area is 156 Å². The van der Waals surface area contributed by atoms with E-state index in [9.17, 15) is 9.90 Å². The minimum absolute atomic E-state index is 0.207. The Balaban J connectivity index is 1.48. The maximum atomic E-state index is 12.7. The predicted octanol–water partition coefficient (Wildman–Crippen LogP) is 1.18. The third-order valence-electron chi connectivity index (χ3n) is 5.08. The molecule has 3 aliphatic rings. The molecule has 7 nitrogen and oxygen atoms in total. The second-order valence-electron chi connectivity index (χ2n) is 6.72. The van der Waals surface area contributed by atoms with Crippen LogP contribution in [0.15, 0.2) is 54.6 Å². The fraction of sp³-hybridized carbons (Fsp3) is 0.250. The normalized spacial score (nSPS) is 26.3. The highest BCUT2D eigenvalue weighted by Crippen LogP contribution is 2.36. The van der Waals surface area contributed by atoms with E-state index < -0.39 is 12.4 Å². The summed E-state index contributed by atoms with van der Waals surface area (Å²) >= 11 is 0. The number of amides is 1. The molecule has 3 heterocycles. The van der Waals surface area contributed by atoms with Gasteiger partial charge < -0.3 is 19.9 Å². The summed E-state index contributed by atoms with van der Waals surface area (Å²) < 4.78 is 11.2. The quantitative estimate of drug-likeness (QED) is 0.741. The summed E-state index contributed by atoms with van der Waals surface area (Å²) in [5.41, 5.74) is 5.34. The van der Waals surface area contributed by atoms with E-state index in [1.807, 2.05) is 48.5 Å². The molecule has 0 bridgehead atoms. The van der Waals surface area contributed by atoms with E-state index >= 15 is 0 Å². The van der Waals surface area contributed by atoms with Crippen LogP contribution in [0.5, 0.6) is 11.5 Å². The summed E-state index contributed by atoms with van der Waals surface area (Å²) in [6, 6.07) is 15.3. The molecular formula is C20H19N3O4. The number of nitrogens with one attached hydrogen (secondary N) is 2. The van der Waals surface area contributed by atoms with Crippen LogP contribution in [0.1, 0.15) is 17.0 Å². The third kappa shape index (κ3) is 2.72. The molecule has 2 aromatic carbocycles. The van der Waals surface area contributed by atoms with E-state index in [0.717, 1.165) is 11.1 Å². The van der Waals surface area contributed by atoms with Crippen molar-refractivity contribution in [1.82, 2.24) is 15.8 Å². The molecule has 3 unspecified atom stereocenters. The van der Waals surface area contributed by atoms with Crippen molar-refractivity contribution >= 4 is 11.6 Å². The SMILES string of the molecule is O=C1C=C(c2ccc3c(c2)OCCO3)NC2C(c3ccccc3)C(O)NN12. The van der Waals surface area contributed by atoms with Crippen molar-refractivity contribution in [3.05, 3.63) is 65.7 Å². The lowest BCUT2D eigenvalue weighted by Crippen LogP contribution is -2.52. The molecule has 3 aliphatic heterocycles. The summed E-state index contributed by atoms with van der Waals surface area (Å²) in [5, 5.41) is 15.3. The molecule has 138 valence electrons. The number of fused-ring (bicyclic) bond motifs is 2. The summed E-state index contributed by atoms with van der Waals surface area (Å²) in [7, 11) is 0. The van der Waals surface area contributed by atoms with Gasteiger partial charge in [0.2, 0.25) is 0 Å². The van der Waals surface area contributed by atoms with Crippen LogP contribution in [-0.2, 0) is 4.79 Å². The summed E-state index contributed by atoms with van der Waals surface area (Å²) in [4.78, 5) is 12.7. The van der Waals surface area contributed by atoms with Crippen molar-refractivity contribution in [2.75, 3.05) is 13.2 Å². The average Bonchev–Trinajstić information content (AvgIpc) is 3.05. The highest BCUT2D eigenvalue weighted by Gasteiger charge is 2.46.